The highest BCUT2D eigenvalue weighted by Crippen LogP contribution is 2.40. The number of thiophene rings is 1. The zero-order valence-corrected chi connectivity index (χ0v) is 19.4. The average Bonchev–Trinajstić information content (AvgIpc) is 3.26. The Balaban J connectivity index is 1.86. The first kappa shape index (κ1) is 22.0. The van der Waals surface area contributed by atoms with E-state index in [1.165, 1.54) is 18.4 Å². The van der Waals surface area contributed by atoms with Gasteiger partial charge in [-0.05, 0) is 45.5 Å². The van der Waals surface area contributed by atoms with Gasteiger partial charge in [0.05, 0.1) is 19.3 Å². The number of hydrogen-bond donors (Lipinski definition) is 2. The summed E-state index contributed by atoms with van der Waals surface area (Å²) >= 11 is 7.03. The van der Waals surface area contributed by atoms with E-state index < -0.39 is 5.97 Å². The molecule has 3 rings (SSSR count). The van der Waals surface area contributed by atoms with Crippen molar-refractivity contribution < 1.29 is 9.53 Å². The van der Waals surface area contributed by atoms with Crippen LogP contribution in [0.1, 0.15) is 46.4 Å². The van der Waals surface area contributed by atoms with E-state index in [-0.39, 0.29) is 6.04 Å². The number of anilines is 1. The summed E-state index contributed by atoms with van der Waals surface area (Å²) < 4.78 is 7.02. The fourth-order valence-electron chi connectivity index (χ4n) is 3.50. The highest BCUT2D eigenvalue weighted by atomic mass is 32.1. The number of carbonyl (C=O) groups is 1. The van der Waals surface area contributed by atoms with Crippen molar-refractivity contribution in [1.82, 2.24) is 15.1 Å². The van der Waals surface area contributed by atoms with Gasteiger partial charge in [-0.2, -0.15) is 5.10 Å². The van der Waals surface area contributed by atoms with E-state index in [1.807, 2.05) is 62.0 Å². The van der Waals surface area contributed by atoms with Crippen molar-refractivity contribution in [2.24, 2.45) is 0 Å². The van der Waals surface area contributed by atoms with E-state index in [1.54, 1.807) is 0 Å². The Morgan fingerprint density at radius 3 is 2.60 bits per heavy atom. The molecule has 1 atom stereocenters. The largest absolute Gasteiger partial charge is 0.465 e. The van der Waals surface area contributed by atoms with Gasteiger partial charge < -0.3 is 15.4 Å². The number of hydrogen-bond acceptors (Lipinski definition) is 5. The number of aromatic nitrogens is 2. The Morgan fingerprint density at radius 2 is 2.00 bits per heavy atom. The minimum absolute atomic E-state index is 0.0264. The van der Waals surface area contributed by atoms with E-state index >= 15 is 0 Å². The summed E-state index contributed by atoms with van der Waals surface area (Å²) in [5.74, 6) is -0.392. The van der Waals surface area contributed by atoms with Crippen molar-refractivity contribution >= 4 is 39.6 Å². The molecule has 2 N–H and O–H groups in total. The molecule has 30 heavy (non-hydrogen) atoms. The minimum atomic E-state index is -0.392. The number of rotatable bonds is 6. The van der Waals surface area contributed by atoms with Crippen LogP contribution in [0, 0.1) is 13.8 Å². The lowest BCUT2D eigenvalue weighted by atomic mass is 10.0. The second-order valence-corrected chi connectivity index (χ2v) is 8.55. The van der Waals surface area contributed by atoms with Gasteiger partial charge >= 0.3 is 5.97 Å². The fraction of sp³-hybridized carbons (Fsp3) is 0.318. The Kier molecular flexibility index (Phi) is 6.89. The van der Waals surface area contributed by atoms with Crippen molar-refractivity contribution in [2.45, 2.75) is 40.3 Å². The number of methoxy groups -OCH3 is 1. The van der Waals surface area contributed by atoms with Crippen LogP contribution in [0.5, 0.6) is 0 Å². The first-order chi connectivity index (χ1) is 14.4. The molecule has 6 nitrogen and oxygen atoms in total. The molecule has 1 unspecified atom stereocenters. The summed E-state index contributed by atoms with van der Waals surface area (Å²) in [4.78, 5) is 13.6. The lowest BCUT2D eigenvalue weighted by Crippen LogP contribution is -2.31. The molecular formula is C22H26N4O2S2. The number of thiocarbonyl (C=S) groups is 1. The third-order valence-corrected chi connectivity index (χ3v) is 6.26. The highest BCUT2D eigenvalue weighted by Gasteiger charge is 2.25. The van der Waals surface area contributed by atoms with Gasteiger partial charge in [-0.15, -0.1) is 11.3 Å². The molecule has 1 aromatic carbocycles. The van der Waals surface area contributed by atoms with Gasteiger partial charge in [0.15, 0.2) is 5.11 Å². The van der Waals surface area contributed by atoms with Gasteiger partial charge in [0.1, 0.15) is 10.6 Å². The molecule has 0 radical (unpaired) electrons. The van der Waals surface area contributed by atoms with Crippen LogP contribution in [0.3, 0.4) is 0 Å². The van der Waals surface area contributed by atoms with Crippen LogP contribution >= 0.6 is 23.6 Å². The smallest absolute Gasteiger partial charge is 0.341 e. The van der Waals surface area contributed by atoms with E-state index in [0.717, 1.165) is 33.8 Å². The molecule has 0 aliphatic rings. The maximum absolute atomic E-state index is 12.6. The van der Waals surface area contributed by atoms with Gasteiger partial charge in [0.25, 0.3) is 0 Å². The van der Waals surface area contributed by atoms with Crippen LogP contribution < -0.4 is 10.6 Å². The molecule has 0 amide bonds. The van der Waals surface area contributed by atoms with E-state index in [9.17, 15) is 4.79 Å². The third-order valence-electron chi connectivity index (χ3n) is 5.02. The van der Waals surface area contributed by atoms with Crippen LogP contribution in [0.4, 0.5) is 5.00 Å². The minimum Gasteiger partial charge on any atom is -0.465 e. The van der Waals surface area contributed by atoms with Gasteiger partial charge in [0, 0.05) is 28.2 Å². The second-order valence-electron chi connectivity index (χ2n) is 6.92. The SMILES string of the molecule is CCn1ncc(C(C)NC(=S)Nc2sc(C)c(-c3ccccc3)c2C(=O)OC)c1C. The molecule has 0 spiro atoms. The molecule has 2 aromatic heterocycles. The maximum atomic E-state index is 12.6. The Morgan fingerprint density at radius 1 is 1.30 bits per heavy atom. The van der Waals surface area contributed by atoms with Crippen LogP contribution in [0.25, 0.3) is 11.1 Å². The number of aryl methyl sites for hydroxylation is 2. The first-order valence-corrected chi connectivity index (χ1v) is 11.0. The summed E-state index contributed by atoms with van der Waals surface area (Å²) in [6.07, 6.45) is 1.86. The molecular weight excluding hydrogens is 416 g/mol. The number of nitrogens with one attached hydrogen (secondary N) is 2. The molecule has 8 heteroatoms. The second kappa shape index (κ2) is 9.40. The zero-order valence-electron chi connectivity index (χ0n) is 17.8. The van der Waals surface area contributed by atoms with Crippen molar-refractivity contribution in [3.8, 4) is 11.1 Å². The van der Waals surface area contributed by atoms with E-state index in [0.29, 0.717) is 15.7 Å². The number of esters is 1. The van der Waals surface area contributed by atoms with Gasteiger partial charge in [-0.25, -0.2) is 4.79 Å². The summed E-state index contributed by atoms with van der Waals surface area (Å²) in [7, 11) is 1.39. The van der Waals surface area contributed by atoms with Crippen molar-refractivity contribution in [1.29, 1.82) is 0 Å². The lowest BCUT2D eigenvalue weighted by molar-refractivity contribution is 0.0603. The fourth-order valence-corrected chi connectivity index (χ4v) is 4.91. The molecule has 0 fully saturated rings. The number of ether oxygens (including phenoxy) is 1. The number of carbonyl (C=O) groups excluding carboxylic acids is 1. The maximum Gasteiger partial charge on any atom is 0.341 e. The molecule has 0 bridgehead atoms. The van der Waals surface area contributed by atoms with Crippen LogP contribution in [0.2, 0.25) is 0 Å². The number of benzene rings is 1. The molecule has 158 valence electrons. The van der Waals surface area contributed by atoms with Crippen molar-refractivity contribution in [3.63, 3.8) is 0 Å². The summed E-state index contributed by atoms with van der Waals surface area (Å²) in [5.41, 5.74) is 4.52. The van der Waals surface area contributed by atoms with E-state index in [2.05, 4.69) is 22.7 Å². The summed E-state index contributed by atoms with van der Waals surface area (Å²) in [5, 5.41) is 12.0. The standard InChI is InChI=1S/C22H26N4O2S2/c1-6-26-14(3)17(12-23-26)13(2)24-22(29)25-20-19(21(27)28-5)18(15(4)30-20)16-10-8-7-9-11-16/h7-13H,6H2,1-5H3,(H2,24,25,29). The molecule has 3 aromatic rings. The van der Waals surface area contributed by atoms with Crippen LogP contribution in [0.15, 0.2) is 36.5 Å². The highest BCUT2D eigenvalue weighted by molar-refractivity contribution is 7.80. The normalized spacial score (nSPS) is 11.8. The third kappa shape index (κ3) is 4.39. The number of nitrogens with zero attached hydrogens (tertiary/aromatic N) is 2. The lowest BCUT2D eigenvalue weighted by Gasteiger charge is -2.17. The Labute approximate surface area is 186 Å². The molecule has 0 aliphatic carbocycles. The Hall–Kier alpha value is -2.71. The molecule has 0 saturated heterocycles. The quantitative estimate of drug-likeness (QED) is 0.410. The zero-order chi connectivity index (χ0) is 21.8. The summed E-state index contributed by atoms with van der Waals surface area (Å²) in [6, 6.07) is 9.80. The average molecular weight is 443 g/mol. The molecule has 0 saturated carbocycles. The predicted molar refractivity (Wildman–Crippen MR) is 126 cm³/mol. The van der Waals surface area contributed by atoms with Gasteiger partial charge in [-0.3, -0.25) is 4.68 Å². The first-order valence-electron chi connectivity index (χ1n) is 9.74. The molecule has 2 heterocycles. The van der Waals surface area contributed by atoms with Gasteiger partial charge in [-0.1, -0.05) is 30.3 Å². The van der Waals surface area contributed by atoms with Crippen LogP contribution in [-0.2, 0) is 11.3 Å². The Bertz CT molecular complexity index is 1060. The van der Waals surface area contributed by atoms with E-state index in [4.69, 9.17) is 17.0 Å². The summed E-state index contributed by atoms with van der Waals surface area (Å²) in [6.45, 7) is 8.96. The van der Waals surface area contributed by atoms with Gasteiger partial charge in [0.2, 0.25) is 0 Å². The van der Waals surface area contributed by atoms with Crippen molar-refractivity contribution in [3.05, 3.63) is 58.2 Å². The predicted octanol–water partition coefficient (Wildman–Crippen LogP) is 5.08. The van der Waals surface area contributed by atoms with Crippen molar-refractivity contribution in [2.75, 3.05) is 12.4 Å². The molecule has 0 aliphatic heterocycles. The van der Waals surface area contributed by atoms with Crippen LogP contribution in [-0.4, -0.2) is 28.0 Å². The monoisotopic (exact) mass is 442 g/mol. The topological polar surface area (TPSA) is 68.2 Å².